The monoisotopic (exact) mass is 301 g/mol. The molecule has 0 bridgehead atoms. The van der Waals surface area contributed by atoms with Crippen molar-refractivity contribution >= 4 is 11.6 Å². The molecule has 0 saturated heterocycles. The summed E-state index contributed by atoms with van der Waals surface area (Å²) in [5, 5.41) is 0.542. The van der Waals surface area contributed by atoms with E-state index in [4.69, 9.17) is 17.4 Å². The van der Waals surface area contributed by atoms with Crippen LogP contribution in [-0.4, -0.2) is 30.6 Å². The molecular formula is C15H25ClFN3. The minimum atomic E-state index is -0.241. The van der Waals surface area contributed by atoms with Gasteiger partial charge in [0.05, 0.1) is 0 Å². The number of nitrogens with zero attached hydrogens (tertiary/aromatic N) is 1. The minimum absolute atomic E-state index is 0.0551. The zero-order valence-corrected chi connectivity index (χ0v) is 13.5. The number of halogens is 2. The molecular weight excluding hydrogens is 277 g/mol. The maximum atomic E-state index is 13.9. The molecule has 0 fully saturated rings. The minimum Gasteiger partial charge on any atom is -0.302 e. The standard InChI is InChI=1S/C15H25ClFN3/c1-5-15(6-2,20(3)4)14(19-18)10-11-9-12(16)7-8-13(11)17/h7-9,14,19H,5-6,10,18H2,1-4H3. The number of hydrogen-bond donors (Lipinski definition) is 2. The fourth-order valence-electron chi connectivity index (χ4n) is 3.01. The van der Waals surface area contributed by atoms with E-state index in [1.807, 2.05) is 14.1 Å². The van der Waals surface area contributed by atoms with Crippen LogP contribution in [0.2, 0.25) is 5.02 Å². The van der Waals surface area contributed by atoms with Crippen molar-refractivity contribution in [2.45, 2.75) is 44.7 Å². The lowest BCUT2D eigenvalue weighted by atomic mass is 9.80. The van der Waals surface area contributed by atoms with Crippen LogP contribution in [0.5, 0.6) is 0 Å². The Labute approximate surface area is 126 Å². The molecule has 1 aromatic rings. The molecule has 114 valence electrons. The second-order valence-corrected chi connectivity index (χ2v) is 5.80. The molecule has 1 rings (SSSR count). The van der Waals surface area contributed by atoms with Crippen molar-refractivity contribution < 1.29 is 4.39 Å². The highest BCUT2D eigenvalue weighted by Gasteiger charge is 2.37. The van der Waals surface area contributed by atoms with E-state index in [0.717, 1.165) is 12.8 Å². The number of nitrogens with two attached hydrogens (primary N) is 1. The van der Waals surface area contributed by atoms with Crippen molar-refractivity contribution in [3.05, 3.63) is 34.6 Å². The van der Waals surface area contributed by atoms with Crippen LogP contribution in [0, 0.1) is 5.82 Å². The molecule has 20 heavy (non-hydrogen) atoms. The quantitative estimate of drug-likeness (QED) is 0.601. The molecule has 0 saturated carbocycles. The number of hydrogen-bond acceptors (Lipinski definition) is 3. The summed E-state index contributed by atoms with van der Waals surface area (Å²) in [6.45, 7) is 4.25. The van der Waals surface area contributed by atoms with Crippen LogP contribution in [0.15, 0.2) is 18.2 Å². The molecule has 3 N–H and O–H groups in total. The molecule has 1 atom stereocenters. The second-order valence-electron chi connectivity index (χ2n) is 5.36. The van der Waals surface area contributed by atoms with Crippen LogP contribution >= 0.6 is 11.6 Å². The zero-order valence-electron chi connectivity index (χ0n) is 12.7. The smallest absolute Gasteiger partial charge is 0.126 e. The van der Waals surface area contributed by atoms with Gasteiger partial charge in [0, 0.05) is 16.6 Å². The molecule has 1 unspecified atom stereocenters. The average Bonchev–Trinajstić information content (AvgIpc) is 2.42. The summed E-state index contributed by atoms with van der Waals surface area (Å²) in [6.07, 6.45) is 2.35. The molecule has 0 heterocycles. The first-order valence-corrected chi connectivity index (χ1v) is 7.36. The van der Waals surface area contributed by atoms with Crippen molar-refractivity contribution in [1.29, 1.82) is 0 Å². The SMILES string of the molecule is CCC(CC)(C(Cc1cc(Cl)ccc1F)NN)N(C)C. The fourth-order valence-corrected chi connectivity index (χ4v) is 3.21. The molecule has 5 heteroatoms. The van der Waals surface area contributed by atoms with Gasteiger partial charge in [-0.3, -0.25) is 11.3 Å². The Hall–Kier alpha value is -0.680. The molecule has 0 spiro atoms. The first kappa shape index (κ1) is 17.4. The molecule has 0 aliphatic carbocycles. The van der Waals surface area contributed by atoms with Crippen molar-refractivity contribution in [2.75, 3.05) is 14.1 Å². The lowest BCUT2D eigenvalue weighted by molar-refractivity contribution is 0.0878. The number of nitrogens with one attached hydrogen (secondary N) is 1. The summed E-state index contributed by atoms with van der Waals surface area (Å²) in [4.78, 5) is 2.17. The van der Waals surface area contributed by atoms with Crippen LogP contribution in [-0.2, 0) is 6.42 Å². The zero-order chi connectivity index (χ0) is 15.3. The van der Waals surface area contributed by atoms with Crippen molar-refractivity contribution in [1.82, 2.24) is 10.3 Å². The Bertz CT molecular complexity index is 433. The van der Waals surface area contributed by atoms with Gasteiger partial charge in [-0.05, 0) is 57.1 Å². The molecule has 3 nitrogen and oxygen atoms in total. The van der Waals surface area contributed by atoms with E-state index in [-0.39, 0.29) is 17.4 Å². The topological polar surface area (TPSA) is 41.3 Å². The number of rotatable bonds is 7. The summed E-state index contributed by atoms with van der Waals surface area (Å²) < 4.78 is 13.9. The molecule has 0 aliphatic heterocycles. The Morgan fingerprint density at radius 3 is 2.40 bits per heavy atom. The second kappa shape index (κ2) is 7.36. The van der Waals surface area contributed by atoms with E-state index in [1.54, 1.807) is 12.1 Å². The summed E-state index contributed by atoms with van der Waals surface area (Å²) in [7, 11) is 4.07. The van der Waals surface area contributed by atoms with E-state index in [9.17, 15) is 4.39 Å². The predicted molar refractivity (Wildman–Crippen MR) is 83.2 cm³/mol. The molecule has 0 aliphatic rings. The molecule has 0 aromatic heterocycles. The van der Waals surface area contributed by atoms with Gasteiger partial charge >= 0.3 is 0 Å². The predicted octanol–water partition coefficient (Wildman–Crippen LogP) is 2.97. The van der Waals surface area contributed by atoms with Crippen LogP contribution in [0.3, 0.4) is 0 Å². The molecule has 1 aromatic carbocycles. The average molecular weight is 302 g/mol. The number of likely N-dealkylation sites (N-methyl/N-ethyl adjacent to an activating group) is 1. The van der Waals surface area contributed by atoms with Gasteiger partial charge in [-0.25, -0.2) is 4.39 Å². The van der Waals surface area contributed by atoms with E-state index >= 15 is 0 Å². The summed E-state index contributed by atoms with van der Waals surface area (Å²) in [5.74, 6) is 5.51. The van der Waals surface area contributed by atoms with E-state index in [1.165, 1.54) is 6.07 Å². The van der Waals surface area contributed by atoms with Gasteiger partial charge < -0.3 is 4.90 Å². The first-order valence-electron chi connectivity index (χ1n) is 6.98. The van der Waals surface area contributed by atoms with Gasteiger partial charge in [0.25, 0.3) is 0 Å². The van der Waals surface area contributed by atoms with Crippen molar-refractivity contribution in [3.63, 3.8) is 0 Å². The highest BCUT2D eigenvalue weighted by molar-refractivity contribution is 6.30. The Balaban J connectivity index is 3.09. The first-order chi connectivity index (χ1) is 9.41. The van der Waals surface area contributed by atoms with E-state index in [0.29, 0.717) is 17.0 Å². The summed E-state index contributed by atoms with van der Waals surface area (Å²) in [6, 6.07) is 4.58. The highest BCUT2D eigenvalue weighted by Crippen LogP contribution is 2.28. The van der Waals surface area contributed by atoms with E-state index < -0.39 is 0 Å². The van der Waals surface area contributed by atoms with Gasteiger partial charge in [0.1, 0.15) is 5.82 Å². The molecule has 0 amide bonds. The third-order valence-electron chi connectivity index (χ3n) is 4.40. The van der Waals surface area contributed by atoms with Crippen LogP contribution in [0.25, 0.3) is 0 Å². The Kier molecular flexibility index (Phi) is 6.40. The third-order valence-corrected chi connectivity index (χ3v) is 4.63. The van der Waals surface area contributed by atoms with Crippen LogP contribution < -0.4 is 11.3 Å². The normalized spacial score (nSPS) is 13.8. The van der Waals surface area contributed by atoms with Gasteiger partial charge in [-0.15, -0.1) is 0 Å². The number of benzene rings is 1. The maximum absolute atomic E-state index is 13.9. The Morgan fingerprint density at radius 2 is 1.95 bits per heavy atom. The lowest BCUT2D eigenvalue weighted by Gasteiger charge is -2.45. The van der Waals surface area contributed by atoms with Gasteiger partial charge in [-0.2, -0.15) is 0 Å². The van der Waals surface area contributed by atoms with Crippen molar-refractivity contribution in [3.8, 4) is 0 Å². The third kappa shape index (κ3) is 3.50. The van der Waals surface area contributed by atoms with Gasteiger partial charge in [-0.1, -0.05) is 25.4 Å². The Morgan fingerprint density at radius 1 is 1.35 bits per heavy atom. The summed E-state index contributed by atoms with van der Waals surface area (Å²) in [5.41, 5.74) is 3.34. The van der Waals surface area contributed by atoms with Gasteiger partial charge in [0.2, 0.25) is 0 Å². The van der Waals surface area contributed by atoms with Crippen molar-refractivity contribution in [2.24, 2.45) is 5.84 Å². The fraction of sp³-hybridized carbons (Fsp3) is 0.600. The lowest BCUT2D eigenvalue weighted by Crippen LogP contribution is -2.61. The van der Waals surface area contributed by atoms with Gasteiger partial charge in [0.15, 0.2) is 0 Å². The maximum Gasteiger partial charge on any atom is 0.126 e. The molecule has 0 radical (unpaired) electrons. The van der Waals surface area contributed by atoms with E-state index in [2.05, 4.69) is 24.2 Å². The van der Waals surface area contributed by atoms with Crippen LogP contribution in [0.1, 0.15) is 32.3 Å². The largest absolute Gasteiger partial charge is 0.302 e. The summed E-state index contributed by atoms with van der Waals surface area (Å²) >= 11 is 5.96. The number of hydrazine groups is 1. The highest BCUT2D eigenvalue weighted by atomic mass is 35.5. The van der Waals surface area contributed by atoms with Crippen LogP contribution in [0.4, 0.5) is 4.39 Å².